The molecule has 0 saturated carbocycles. The minimum Gasteiger partial charge on any atom is -0.394 e. The Morgan fingerprint density at radius 2 is 2.12 bits per heavy atom. The number of anilines is 1. The summed E-state index contributed by atoms with van der Waals surface area (Å²) < 4.78 is 41.0. The van der Waals surface area contributed by atoms with Gasteiger partial charge in [0.25, 0.3) is 0 Å². The molecule has 0 bridgehead atoms. The smallest absolute Gasteiger partial charge is 0.394 e. The first-order valence-electron chi connectivity index (χ1n) is 4.48. The van der Waals surface area contributed by atoms with Crippen LogP contribution in [0, 0.1) is 0 Å². The zero-order valence-corrected chi connectivity index (χ0v) is 8.33. The standard InChI is InChI=1S/C9H11F3N2O2/c10-9(11,12)6-16-4-3-14-2-1-8(15)7(13)5-14/h1-2,5H,3-4,6,13H2. The van der Waals surface area contributed by atoms with Crippen LogP contribution in [0.3, 0.4) is 0 Å². The van der Waals surface area contributed by atoms with Gasteiger partial charge in [0.15, 0.2) is 0 Å². The molecule has 0 atom stereocenters. The molecule has 7 heteroatoms. The van der Waals surface area contributed by atoms with Gasteiger partial charge in [0.05, 0.1) is 12.3 Å². The van der Waals surface area contributed by atoms with Crippen LogP contribution < -0.4 is 11.2 Å². The Morgan fingerprint density at radius 3 is 2.69 bits per heavy atom. The molecule has 0 aliphatic rings. The maximum absolute atomic E-state index is 11.7. The molecule has 2 N–H and O–H groups in total. The molecule has 0 spiro atoms. The van der Waals surface area contributed by atoms with Crippen molar-refractivity contribution in [2.45, 2.75) is 12.7 Å². The Balaban J connectivity index is 2.38. The van der Waals surface area contributed by atoms with Crippen molar-refractivity contribution in [2.24, 2.45) is 0 Å². The third-order valence-corrected chi connectivity index (χ3v) is 1.77. The summed E-state index contributed by atoms with van der Waals surface area (Å²) in [6.07, 6.45) is -1.52. The molecule has 0 saturated heterocycles. The molecular formula is C9H11F3N2O2. The second kappa shape index (κ2) is 5.02. The average Bonchev–Trinajstić information content (AvgIpc) is 2.17. The first-order chi connectivity index (χ1) is 7.38. The van der Waals surface area contributed by atoms with E-state index in [9.17, 15) is 18.0 Å². The van der Waals surface area contributed by atoms with Crippen LogP contribution in [0.2, 0.25) is 0 Å². The molecule has 1 aromatic rings. The Kier molecular flexibility index (Phi) is 3.94. The van der Waals surface area contributed by atoms with Gasteiger partial charge in [0.2, 0.25) is 5.43 Å². The number of rotatable bonds is 4. The fraction of sp³-hybridized carbons (Fsp3) is 0.444. The number of alkyl halides is 3. The maximum Gasteiger partial charge on any atom is 0.411 e. The van der Waals surface area contributed by atoms with E-state index in [-0.39, 0.29) is 24.3 Å². The highest BCUT2D eigenvalue weighted by Crippen LogP contribution is 2.14. The minimum absolute atomic E-state index is 0.0540. The second-order valence-electron chi connectivity index (χ2n) is 3.17. The van der Waals surface area contributed by atoms with E-state index in [2.05, 4.69) is 4.74 Å². The van der Waals surface area contributed by atoms with E-state index >= 15 is 0 Å². The zero-order valence-electron chi connectivity index (χ0n) is 8.33. The normalized spacial score (nSPS) is 11.7. The van der Waals surface area contributed by atoms with Crippen LogP contribution in [0.15, 0.2) is 23.3 Å². The Bertz CT molecular complexity index is 400. The molecule has 4 nitrogen and oxygen atoms in total. The number of halogens is 3. The SMILES string of the molecule is Nc1cn(CCOCC(F)(F)F)ccc1=O. The highest BCUT2D eigenvalue weighted by atomic mass is 19.4. The lowest BCUT2D eigenvalue weighted by Crippen LogP contribution is -2.19. The van der Waals surface area contributed by atoms with Gasteiger partial charge >= 0.3 is 6.18 Å². The molecule has 90 valence electrons. The highest BCUT2D eigenvalue weighted by Gasteiger charge is 2.27. The third-order valence-electron chi connectivity index (χ3n) is 1.77. The fourth-order valence-electron chi connectivity index (χ4n) is 1.04. The zero-order chi connectivity index (χ0) is 12.2. The average molecular weight is 236 g/mol. The van der Waals surface area contributed by atoms with E-state index in [1.807, 2.05) is 0 Å². The van der Waals surface area contributed by atoms with Crippen molar-refractivity contribution >= 4 is 5.69 Å². The molecule has 0 unspecified atom stereocenters. The Labute approximate surface area is 89.4 Å². The van der Waals surface area contributed by atoms with Gasteiger partial charge in [-0.1, -0.05) is 0 Å². The molecule has 1 aromatic heterocycles. The number of ether oxygens (including phenoxy) is 1. The van der Waals surface area contributed by atoms with E-state index in [1.165, 1.54) is 23.0 Å². The largest absolute Gasteiger partial charge is 0.411 e. The number of nitrogens with two attached hydrogens (primary N) is 1. The van der Waals surface area contributed by atoms with Crippen molar-refractivity contribution < 1.29 is 17.9 Å². The van der Waals surface area contributed by atoms with Gasteiger partial charge in [-0.15, -0.1) is 0 Å². The molecule has 0 radical (unpaired) electrons. The topological polar surface area (TPSA) is 57.2 Å². The molecule has 0 amide bonds. The molecule has 16 heavy (non-hydrogen) atoms. The van der Waals surface area contributed by atoms with Crippen LogP contribution >= 0.6 is 0 Å². The first-order valence-corrected chi connectivity index (χ1v) is 4.48. The summed E-state index contributed by atoms with van der Waals surface area (Å²) in [5.74, 6) is 0. The molecule has 0 aliphatic carbocycles. The predicted molar refractivity (Wildman–Crippen MR) is 52.0 cm³/mol. The lowest BCUT2D eigenvalue weighted by Gasteiger charge is -2.09. The quantitative estimate of drug-likeness (QED) is 0.794. The lowest BCUT2D eigenvalue weighted by atomic mass is 10.4. The summed E-state index contributed by atoms with van der Waals surface area (Å²) in [6.45, 7) is -1.16. The summed E-state index contributed by atoms with van der Waals surface area (Å²) in [7, 11) is 0. The molecule has 0 aliphatic heterocycles. The molecule has 1 heterocycles. The van der Waals surface area contributed by atoms with Crippen LogP contribution in [0.4, 0.5) is 18.9 Å². The van der Waals surface area contributed by atoms with Crippen molar-refractivity contribution in [3.8, 4) is 0 Å². The molecule has 0 aromatic carbocycles. The van der Waals surface area contributed by atoms with Crippen LogP contribution in [-0.4, -0.2) is 24.0 Å². The van der Waals surface area contributed by atoms with Crippen LogP contribution in [0.25, 0.3) is 0 Å². The number of nitrogens with zero attached hydrogens (tertiary/aromatic N) is 1. The number of aromatic nitrogens is 1. The fourth-order valence-corrected chi connectivity index (χ4v) is 1.04. The second-order valence-corrected chi connectivity index (χ2v) is 3.17. The molecule has 0 fully saturated rings. The van der Waals surface area contributed by atoms with Crippen LogP contribution in [0.5, 0.6) is 0 Å². The lowest BCUT2D eigenvalue weighted by molar-refractivity contribution is -0.174. The van der Waals surface area contributed by atoms with E-state index in [4.69, 9.17) is 5.73 Å². The molecular weight excluding hydrogens is 225 g/mol. The number of nitrogen functional groups attached to an aromatic ring is 1. The summed E-state index contributed by atoms with van der Waals surface area (Å²) in [5.41, 5.74) is 5.08. The van der Waals surface area contributed by atoms with Gasteiger partial charge in [0.1, 0.15) is 6.61 Å². The van der Waals surface area contributed by atoms with E-state index in [0.717, 1.165) is 0 Å². The molecule has 1 rings (SSSR count). The predicted octanol–water partition coefficient (Wildman–Crippen LogP) is 1.01. The van der Waals surface area contributed by atoms with Crippen molar-refractivity contribution in [3.63, 3.8) is 0 Å². The van der Waals surface area contributed by atoms with Crippen LogP contribution in [0.1, 0.15) is 0 Å². The summed E-state index contributed by atoms with van der Waals surface area (Å²) in [5, 5.41) is 0. The van der Waals surface area contributed by atoms with Crippen molar-refractivity contribution in [1.29, 1.82) is 0 Å². The van der Waals surface area contributed by atoms with Crippen molar-refractivity contribution in [2.75, 3.05) is 18.9 Å². The number of hydrogen-bond donors (Lipinski definition) is 1. The van der Waals surface area contributed by atoms with E-state index in [1.54, 1.807) is 0 Å². The Hall–Kier alpha value is -1.50. The minimum atomic E-state index is -4.32. The third kappa shape index (κ3) is 4.35. The highest BCUT2D eigenvalue weighted by molar-refractivity contribution is 5.33. The summed E-state index contributed by atoms with van der Waals surface area (Å²) >= 11 is 0. The maximum atomic E-state index is 11.7. The van der Waals surface area contributed by atoms with Crippen LogP contribution in [-0.2, 0) is 11.3 Å². The monoisotopic (exact) mass is 236 g/mol. The van der Waals surface area contributed by atoms with Crippen molar-refractivity contribution in [3.05, 3.63) is 28.7 Å². The van der Waals surface area contributed by atoms with E-state index < -0.39 is 12.8 Å². The van der Waals surface area contributed by atoms with E-state index in [0.29, 0.717) is 0 Å². The van der Waals surface area contributed by atoms with Gasteiger partial charge in [-0.2, -0.15) is 13.2 Å². The summed E-state index contributed by atoms with van der Waals surface area (Å²) in [6, 6.07) is 1.25. The number of hydrogen-bond acceptors (Lipinski definition) is 3. The van der Waals surface area contributed by atoms with Gasteiger partial charge in [0, 0.05) is 25.0 Å². The van der Waals surface area contributed by atoms with Gasteiger partial charge in [-0.05, 0) is 0 Å². The van der Waals surface area contributed by atoms with Crippen molar-refractivity contribution in [1.82, 2.24) is 4.57 Å². The van der Waals surface area contributed by atoms with Gasteiger partial charge < -0.3 is 15.0 Å². The number of pyridine rings is 1. The first kappa shape index (κ1) is 12.6. The summed E-state index contributed by atoms with van der Waals surface area (Å²) in [4.78, 5) is 10.9. The Morgan fingerprint density at radius 1 is 1.44 bits per heavy atom. The van der Waals surface area contributed by atoms with Gasteiger partial charge in [-0.3, -0.25) is 4.79 Å². The van der Waals surface area contributed by atoms with Gasteiger partial charge in [-0.25, -0.2) is 0 Å².